The smallest absolute Gasteiger partial charge is 0.330 e. The van der Waals surface area contributed by atoms with Crippen LogP contribution in [0.2, 0.25) is 0 Å². The molecule has 5 nitrogen and oxygen atoms in total. The molecule has 0 bridgehead atoms. The number of aliphatic hydroxyl groups excluding tert-OH is 1. The number of carbonyl (C=O) groups is 1. The molecule has 0 unspecified atom stereocenters. The van der Waals surface area contributed by atoms with Gasteiger partial charge in [-0.2, -0.15) is 0 Å². The van der Waals surface area contributed by atoms with Gasteiger partial charge >= 0.3 is 5.97 Å². The lowest BCUT2D eigenvalue weighted by molar-refractivity contribution is -0.134. The van der Waals surface area contributed by atoms with Crippen LogP contribution in [0.1, 0.15) is 17.0 Å². The molecular weight excluding hydrogens is 294 g/mol. The Kier molecular flexibility index (Phi) is 6.32. The van der Waals surface area contributed by atoms with Crippen molar-refractivity contribution >= 4 is 12.0 Å². The summed E-state index contributed by atoms with van der Waals surface area (Å²) in [6, 6.07) is 13.4. The van der Waals surface area contributed by atoms with E-state index in [-0.39, 0.29) is 6.61 Å². The summed E-state index contributed by atoms with van der Waals surface area (Å²) in [5, 5.41) is 9.18. The highest BCUT2D eigenvalue weighted by atomic mass is 16.5. The highest BCUT2D eigenvalue weighted by molar-refractivity contribution is 5.87. The third-order valence-corrected chi connectivity index (χ3v) is 3.18. The van der Waals surface area contributed by atoms with Gasteiger partial charge in [0, 0.05) is 12.5 Å². The van der Waals surface area contributed by atoms with Gasteiger partial charge < -0.3 is 14.6 Å². The van der Waals surface area contributed by atoms with Crippen LogP contribution in [-0.4, -0.2) is 29.8 Å². The second kappa shape index (κ2) is 8.70. The van der Waals surface area contributed by atoms with E-state index in [0.717, 1.165) is 6.42 Å². The van der Waals surface area contributed by atoms with Crippen molar-refractivity contribution in [1.29, 1.82) is 0 Å². The van der Waals surface area contributed by atoms with Gasteiger partial charge in [-0.05, 0) is 23.8 Å². The molecule has 0 spiro atoms. The van der Waals surface area contributed by atoms with Crippen LogP contribution in [0, 0.1) is 0 Å². The second-order valence-electron chi connectivity index (χ2n) is 4.78. The fourth-order valence-electron chi connectivity index (χ4n) is 1.97. The molecule has 0 radical (unpaired) electrons. The van der Waals surface area contributed by atoms with E-state index in [2.05, 4.69) is 9.72 Å². The van der Waals surface area contributed by atoms with E-state index < -0.39 is 5.97 Å². The average Bonchev–Trinajstić information content (AvgIpc) is 2.61. The summed E-state index contributed by atoms with van der Waals surface area (Å²) in [4.78, 5) is 15.5. The molecule has 0 aliphatic rings. The van der Waals surface area contributed by atoms with E-state index in [0.29, 0.717) is 23.7 Å². The molecule has 0 aliphatic carbocycles. The van der Waals surface area contributed by atoms with E-state index in [9.17, 15) is 9.90 Å². The number of hydrogen-bond acceptors (Lipinski definition) is 5. The molecule has 0 atom stereocenters. The molecule has 23 heavy (non-hydrogen) atoms. The molecule has 1 N–H and O–H groups in total. The Morgan fingerprint density at radius 1 is 1.22 bits per heavy atom. The number of aromatic nitrogens is 1. The van der Waals surface area contributed by atoms with Crippen molar-refractivity contribution in [2.45, 2.75) is 13.0 Å². The molecule has 120 valence electrons. The summed E-state index contributed by atoms with van der Waals surface area (Å²) in [7, 11) is 1.31. The number of esters is 1. The topological polar surface area (TPSA) is 68.7 Å². The van der Waals surface area contributed by atoms with Crippen molar-refractivity contribution in [3.63, 3.8) is 0 Å². The Balaban J connectivity index is 2.07. The maximum absolute atomic E-state index is 11.2. The minimum atomic E-state index is -0.476. The Hall–Kier alpha value is -2.66. The van der Waals surface area contributed by atoms with Crippen molar-refractivity contribution in [2.24, 2.45) is 0 Å². The predicted octanol–water partition coefficient (Wildman–Crippen LogP) is 2.38. The number of methoxy groups -OCH3 is 1. The minimum Gasteiger partial charge on any atom is -0.491 e. The summed E-state index contributed by atoms with van der Waals surface area (Å²) in [5.41, 5.74) is 2.17. The fraction of sp³-hybridized carbons (Fsp3) is 0.222. The minimum absolute atomic E-state index is 0.177. The lowest BCUT2D eigenvalue weighted by atomic mass is 10.2. The largest absolute Gasteiger partial charge is 0.491 e. The number of ether oxygens (including phenoxy) is 2. The van der Waals surface area contributed by atoms with E-state index in [4.69, 9.17) is 4.74 Å². The molecule has 0 saturated carbocycles. The van der Waals surface area contributed by atoms with Crippen molar-refractivity contribution < 1.29 is 19.4 Å². The molecule has 0 aliphatic heterocycles. The van der Waals surface area contributed by atoms with E-state index in [1.807, 2.05) is 30.3 Å². The molecule has 1 heterocycles. The van der Waals surface area contributed by atoms with Gasteiger partial charge in [-0.3, -0.25) is 0 Å². The average molecular weight is 313 g/mol. The van der Waals surface area contributed by atoms with Crippen molar-refractivity contribution in [3.05, 3.63) is 65.5 Å². The molecule has 2 rings (SSSR count). The summed E-state index contributed by atoms with van der Waals surface area (Å²) in [5.74, 6) is 0.0784. The number of nitrogens with zero attached hydrogens (tertiary/aromatic N) is 1. The van der Waals surface area contributed by atoms with Gasteiger partial charge in [0.05, 0.1) is 26.0 Å². The van der Waals surface area contributed by atoms with Crippen LogP contribution in [0.3, 0.4) is 0 Å². The Morgan fingerprint density at radius 2 is 2.00 bits per heavy atom. The number of rotatable bonds is 7. The monoisotopic (exact) mass is 313 g/mol. The van der Waals surface area contributed by atoms with Crippen LogP contribution in [0.25, 0.3) is 6.08 Å². The van der Waals surface area contributed by atoms with E-state index in [1.165, 1.54) is 24.8 Å². The summed E-state index contributed by atoms with van der Waals surface area (Å²) in [6.45, 7) is 0.312. The van der Waals surface area contributed by atoms with Crippen LogP contribution < -0.4 is 4.74 Å². The van der Waals surface area contributed by atoms with Gasteiger partial charge in [0.2, 0.25) is 0 Å². The van der Waals surface area contributed by atoms with Crippen LogP contribution in [0.4, 0.5) is 0 Å². The van der Waals surface area contributed by atoms with Crippen LogP contribution >= 0.6 is 0 Å². The molecule has 1 aromatic carbocycles. The lowest BCUT2D eigenvalue weighted by Gasteiger charge is -2.10. The molecule has 0 saturated heterocycles. The van der Waals surface area contributed by atoms with Crippen molar-refractivity contribution in [2.75, 3.05) is 13.7 Å². The standard InChI is InChI=1S/C18H19NO4/c1-22-18(21)10-8-16-17(9-7-15(13-20)19-16)23-12-11-14-5-3-2-4-6-14/h2-10,20H,11-13H2,1H3. The number of hydrogen-bond donors (Lipinski definition) is 1. The van der Waals surface area contributed by atoms with Gasteiger partial charge in [-0.15, -0.1) is 0 Å². The SMILES string of the molecule is COC(=O)C=Cc1nc(CO)ccc1OCCc1ccccc1. The number of pyridine rings is 1. The van der Waals surface area contributed by atoms with E-state index in [1.54, 1.807) is 12.1 Å². The van der Waals surface area contributed by atoms with Gasteiger partial charge in [-0.25, -0.2) is 9.78 Å². The van der Waals surface area contributed by atoms with Crippen LogP contribution in [-0.2, 0) is 22.6 Å². The van der Waals surface area contributed by atoms with Gasteiger partial charge in [0.1, 0.15) is 11.4 Å². The number of carbonyl (C=O) groups excluding carboxylic acids is 1. The summed E-state index contributed by atoms with van der Waals surface area (Å²) >= 11 is 0. The molecule has 0 fully saturated rings. The Morgan fingerprint density at radius 3 is 2.70 bits per heavy atom. The summed E-state index contributed by atoms with van der Waals surface area (Å²) < 4.78 is 10.3. The highest BCUT2D eigenvalue weighted by Crippen LogP contribution is 2.19. The zero-order valence-corrected chi connectivity index (χ0v) is 12.9. The van der Waals surface area contributed by atoms with Gasteiger partial charge in [-0.1, -0.05) is 30.3 Å². The van der Waals surface area contributed by atoms with Crippen LogP contribution in [0.15, 0.2) is 48.5 Å². The second-order valence-corrected chi connectivity index (χ2v) is 4.78. The molecule has 0 amide bonds. The predicted molar refractivity (Wildman–Crippen MR) is 86.9 cm³/mol. The van der Waals surface area contributed by atoms with Crippen LogP contribution in [0.5, 0.6) is 5.75 Å². The molecule has 2 aromatic rings. The third kappa shape index (κ3) is 5.23. The summed E-state index contributed by atoms with van der Waals surface area (Å²) in [6.07, 6.45) is 3.55. The van der Waals surface area contributed by atoms with Gasteiger partial charge in [0.15, 0.2) is 0 Å². The zero-order chi connectivity index (χ0) is 16.5. The zero-order valence-electron chi connectivity index (χ0n) is 12.9. The first-order valence-electron chi connectivity index (χ1n) is 7.26. The normalized spacial score (nSPS) is 10.7. The quantitative estimate of drug-likeness (QED) is 0.628. The Bertz CT molecular complexity index is 668. The molecule has 5 heteroatoms. The highest BCUT2D eigenvalue weighted by Gasteiger charge is 2.06. The number of benzene rings is 1. The molecular formula is C18H19NO4. The van der Waals surface area contributed by atoms with Crippen molar-refractivity contribution in [1.82, 2.24) is 4.98 Å². The van der Waals surface area contributed by atoms with E-state index >= 15 is 0 Å². The lowest BCUT2D eigenvalue weighted by Crippen LogP contribution is -2.04. The first-order valence-corrected chi connectivity index (χ1v) is 7.26. The maximum atomic E-state index is 11.2. The first-order chi connectivity index (χ1) is 11.2. The molecule has 1 aromatic heterocycles. The Labute approximate surface area is 135 Å². The number of aliphatic hydroxyl groups is 1. The maximum Gasteiger partial charge on any atom is 0.330 e. The fourth-order valence-corrected chi connectivity index (χ4v) is 1.97. The van der Waals surface area contributed by atoms with Crippen molar-refractivity contribution in [3.8, 4) is 5.75 Å². The van der Waals surface area contributed by atoms with Gasteiger partial charge in [0.25, 0.3) is 0 Å². The first kappa shape index (κ1) is 16.7. The third-order valence-electron chi connectivity index (χ3n) is 3.18.